The Morgan fingerprint density at radius 3 is 2.72 bits per heavy atom. The Hall–Kier alpha value is -1.14. The second kappa shape index (κ2) is 5.67. The summed E-state index contributed by atoms with van der Waals surface area (Å²) >= 11 is 0. The molecule has 18 heavy (non-hydrogen) atoms. The Morgan fingerprint density at radius 1 is 1.22 bits per heavy atom. The van der Waals surface area contributed by atoms with E-state index in [1.165, 1.54) is 4.90 Å². The fourth-order valence-electron chi connectivity index (χ4n) is 2.73. The second-order valence-corrected chi connectivity index (χ2v) is 5.09. The number of β-amino-alcohol motifs (C(OH)–C–C–N with tert-alkyl or cyclic N) is 1. The monoisotopic (exact) mass is 256 g/mol. The summed E-state index contributed by atoms with van der Waals surface area (Å²) in [6.07, 6.45) is 3.29. The molecule has 2 rings (SSSR count). The van der Waals surface area contributed by atoms with Gasteiger partial charge in [-0.25, -0.2) is 4.79 Å². The molecule has 2 heterocycles. The standard InChI is InChI=1S/C12H20N2O4/c15-8-6-10(12(17)18)14(7-8)11(16)9-4-2-1-3-5-13-9/h8-10,13,15H,1-7H2,(H,17,18). The number of nitrogens with one attached hydrogen (secondary N) is 1. The minimum absolute atomic E-state index is 0.133. The summed E-state index contributed by atoms with van der Waals surface area (Å²) in [7, 11) is 0. The maximum atomic E-state index is 12.3. The lowest BCUT2D eigenvalue weighted by Gasteiger charge is -2.26. The molecule has 1 amide bonds. The van der Waals surface area contributed by atoms with Crippen LogP contribution in [0.1, 0.15) is 32.1 Å². The van der Waals surface area contributed by atoms with Crippen LogP contribution in [0.2, 0.25) is 0 Å². The molecule has 2 fully saturated rings. The van der Waals surface area contributed by atoms with Gasteiger partial charge in [-0.05, 0) is 19.4 Å². The van der Waals surface area contributed by atoms with Crippen molar-refractivity contribution in [1.82, 2.24) is 10.2 Å². The largest absolute Gasteiger partial charge is 0.480 e. The molecule has 2 saturated heterocycles. The summed E-state index contributed by atoms with van der Waals surface area (Å²) in [6.45, 7) is 0.929. The molecule has 3 unspecified atom stereocenters. The van der Waals surface area contributed by atoms with Crippen LogP contribution < -0.4 is 5.32 Å². The Labute approximate surface area is 106 Å². The minimum Gasteiger partial charge on any atom is -0.480 e. The quantitative estimate of drug-likeness (QED) is 0.623. The average Bonchev–Trinajstić information content (AvgIpc) is 2.56. The van der Waals surface area contributed by atoms with Gasteiger partial charge in [-0.2, -0.15) is 0 Å². The van der Waals surface area contributed by atoms with E-state index in [2.05, 4.69) is 5.32 Å². The summed E-state index contributed by atoms with van der Waals surface area (Å²) in [4.78, 5) is 24.7. The van der Waals surface area contributed by atoms with E-state index in [-0.39, 0.29) is 24.9 Å². The number of aliphatic hydroxyl groups is 1. The van der Waals surface area contributed by atoms with Crippen molar-refractivity contribution in [3.05, 3.63) is 0 Å². The van der Waals surface area contributed by atoms with E-state index in [1.807, 2.05) is 0 Å². The van der Waals surface area contributed by atoms with Crippen LogP contribution in [0.5, 0.6) is 0 Å². The van der Waals surface area contributed by atoms with Crippen molar-refractivity contribution in [2.45, 2.75) is 50.3 Å². The van der Waals surface area contributed by atoms with E-state index in [1.54, 1.807) is 0 Å². The summed E-state index contributed by atoms with van der Waals surface area (Å²) < 4.78 is 0. The van der Waals surface area contributed by atoms with Crippen LogP contribution in [-0.4, -0.2) is 58.3 Å². The second-order valence-electron chi connectivity index (χ2n) is 5.09. The highest BCUT2D eigenvalue weighted by molar-refractivity contribution is 5.87. The molecule has 0 aliphatic carbocycles. The maximum absolute atomic E-state index is 12.3. The smallest absolute Gasteiger partial charge is 0.326 e. The molecule has 0 radical (unpaired) electrons. The van der Waals surface area contributed by atoms with Gasteiger partial charge in [0.05, 0.1) is 12.1 Å². The highest BCUT2D eigenvalue weighted by Crippen LogP contribution is 2.21. The number of hydrogen-bond donors (Lipinski definition) is 3. The Kier molecular flexibility index (Phi) is 4.19. The molecule has 0 spiro atoms. The van der Waals surface area contributed by atoms with Gasteiger partial charge in [0.15, 0.2) is 0 Å². The van der Waals surface area contributed by atoms with Gasteiger partial charge in [0.25, 0.3) is 0 Å². The number of carboxylic acids is 1. The van der Waals surface area contributed by atoms with Crippen molar-refractivity contribution in [3.63, 3.8) is 0 Å². The van der Waals surface area contributed by atoms with Crippen molar-refractivity contribution in [2.24, 2.45) is 0 Å². The molecule has 2 aliphatic heterocycles. The van der Waals surface area contributed by atoms with Crippen molar-refractivity contribution in [1.29, 1.82) is 0 Å². The number of aliphatic carboxylic acids is 1. The lowest BCUT2D eigenvalue weighted by atomic mass is 10.1. The average molecular weight is 256 g/mol. The highest BCUT2D eigenvalue weighted by atomic mass is 16.4. The van der Waals surface area contributed by atoms with Crippen LogP contribution in [0.25, 0.3) is 0 Å². The Bertz CT molecular complexity index is 326. The number of aliphatic hydroxyl groups excluding tert-OH is 1. The molecule has 0 aromatic heterocycles. The molecule has 0 aromatic carbocycles. The van der Waals surface area contributed by atoms with Gasteiger partial charge in [-0.15, -0.1) is 0 Å². The van der Waals surface area contributed by atoms with Gasteiger partial charge in [0, 0.05) is 13.0 Å². The van der Waals surface area contributed by atoms with Gasteiger partial charge < -0.3 is 20.4 Å². The third kappa shape index (κ3) is 2.81. The molecule has 0 aromatic rings. The number of likely N-dealkylation sites (tertiary alicyclic amines) is 1. The number of carboxylic acid groups (broad SMARTS) is 1. The van der Waals surface area contributed by atoms with Crippen molar-refractivity contribution >= 4 is 11.9 Å². The fourth-order valence-corrected chi connectivity index (χ4v) is 2.73. The molecular weight excluding hydrogens is 236 g/mol. The predicted molar refractivity (Wildman–Crippen MR) is 64.0 cm³/mol. The molecular formula is C12H20N2O4. The third-order valence-corrected chi connectivity index (χ3v) is 3.71. The predicted octanol–water partition coefficient (Wildman–Crippen LogP) is -0.435. The first kappa shape index (κ1) is 13.3. The van der Waals surface area contributed by atoms with E-state index in [0.29, 0.717) is 0 Å². The molecule has 2 aliphatic rings. The lowest BCUT2D eigenvalue weighted by molar-refractivity contribution is -0.149. The maximum Gasteiger partial charge on any atom is 0.326 e. The fraction of sp³-hybridized carbons (Fsp3) is 0.833. The molecule has 102 valence electrons. The van der Waals surface area contributed by atoms with E-state index in [9.17, 15) is 14.7 Å². The van der Waals surface area contributed by atoms with E-state index >= 15 is 0 Å². The Balaban J connectivity index is 2.04. The van der Waals surface area contributed by atoms with Crippen LogP contribution in [0.3, 0.4) is 0 Å². The first-order chi connectivity index (χ1) is 8.59. The summed E-state index contributed by atoms with van der Waals surface area (Å²) in [5.74, 6) is -1.21. The zero-order chi connectivity index (χ0) is 13.1. The van der Waals surface area contributed by atoms with Crippen molar-refractivity contribution in [3.8, 4) is 0 Å². The zero-order valence-electron chi connectivity index (χ0n) is 10.3. The third-order valence-electron chi connectivity index (χ3n) is 3.71. The minimum atomic E-state index is -1.03. The van der Waals surface area contributed by atoms with Crippen LogP contribution in [0.4, 0.5) is 0 Å². The van der Waals surface area contributed by atoms with E-state index < -0.39 is 18.1 Å². The summed E-state index contributed by atoms with van der Waals surface area (Å²) in [6, 6.07) is -1.17. The van der Waals surface area contributed by atoms with Crippen LogP contribution >= 0.6 is 0 Å². The summed E-state index contributed by atoms with van der Waals surface area (Å²) in [5.41, 5.74) is 0. The van der Waals surface area contributed by atoms with Crippen molar-refractivity contribution < 1.29 is 19.8 Å². The van der Waals surface area contributed by atoms with E-state index in [4.69, 9.17) is 5.11 Å². The molecule has 3 atom stereocenters. The van der Waals surface area contributed by atoms with Gasteiger partial charge in [0.2, 0.25) is 5.91 Å². The zero-order valence-corrected chi connectivity index (χ0v) is 10.3. The number of carbonyl (C=O) groups is 2. The number of carbonyl (C=O) groups excluding carboxylic acids is 1. The SMILES string of the molecule is O=C(O)C1CC(O)CN1C(=O)C1CCCCCN1. The van der Waals surface area contributed by atoms with Gasteiger partial charge in [-0.1, -0.05) is 12.8 Å². The van der Waals surface area contributed by atoms with Gasteiger partial charge in [0.1, 0.15) is 6.04 Å². The molecule has 0 bridgehead atoms. The van der Waals surface area contributed by atoms with Crippen LogP contribution in [-0.2, 0) is 9.59 Å². The topological polar surface area (TPSA) is 89.9 Å². The first-order valence-electron chi connectivity index (χ1n) is 6.54. The van der Waals surface area contributed by atoms with Crippen LogP contribution in [0.15, 0.2) is 0 Å². The lowest BCUT2D eigenvalue weighted by Crippen LogP contribution is -2.50. The molecule has 6 nitrogen and oxygen atoms in total. The van der Waals surface area contributed by atoms with Crippen molar-refractivity contribution in [2.75, 3.05) is 13.1 Å². The first-order valence-corrected chi connectivity index (χ1v) is 6.54. The summed E-state index contributed by atoms with van der Waals surface area (Å²) in [5, 5.41) is 21.8. The number of amides is 1. The Morgan fingerprint density at radius 2 is 2.00 bits per heavy atom. The van der Waals surface area contributed by atoms with Gasteiger partial charge in [-0.3, -0.25) is 4.79 Å². The normalized spacial score (nSPS) is 33.2. The number of rotatable bonds is 2. The molecule has 3 N–H and O–H groups in total. The number of hydrogen-bond acceptors (Lipinski definition) is 4. The van der Waals surface area contributed by atoms with E-state index in [0.717, 1.165) is 32.2 Å². The molecule has 6 heteroatoms. The van der Waals surface area contributed by atoms with Crippen LogP contribution in [0, 0.1) is 0 Å². The highest BCUT2D eigenvalue weighted by Gasteiger charge is 2.41. The van der Waals surface area contributed by atoms with Gasteiger partial charge >= 0.3 is 5.97 Å². The number of nitrogens with zero attached hydrogens (tertiary/aromatic N) is 1. The molecule has 0 saturated carbocycles.